The van der Waals surface area contributed by atoms with Gasteiger partial charge in [-0.05, 0) is 27.0 Å². The first-order chi connectivity index (χ1) is 10.1. The average molecular weight is 314 g/mol. The maximum Gasteiger partial charge on any atom is 0.231 e. The van der Waals surface area contributed by atoms with Crippen LogP contribution in [-0.2, 0) is 0 Å². The molecule has 1 aromatic rings. The van der Waals surface area contributed by atoms with Gasteiger partial charge in [0.05, 0.1) is 6.61 Å². The minimum atomic E-state index is 0.0571. The Balaban J connectivity index is 2.98. The number of aromatic nitrogens is 3. The Labute approximate surface area is 131 Å². The van der Waals surface area contributed by atoms with Gasteiger partial charge in [-0.3, -0.25) is 0 Å². The first-order valence-electron chi connectivity index (χ1n) is 7.18. The molecule has 3 N–H and O–H groups in total. The van der Waals surface area contributed by atoms with Crippen LogP contribution in [0.1, 0.15) is 20.8 Å². The van der Waals surface area contributed by atoms with Crippen molar-refractivity contribution in [3.05, 3.63) is 0 Å². The zero-order chi connectivity index (χ0) is 15.8. The van der Waals surface area contributed by atoms with Gasteiger partial charge in [0.15, 0.2) is 0 Å². The molecule has 1 rings (SSSR count). The van der Waals surface area contributed by atoms with E-state index in [1.54, 1.807) is 18.8 Å². The summed E-state index contributed by atoms with van der Waals surface area (Å²) < 4.78 is 0. The lowest BCUT2D eigenvalue weighted by molar-refractivity contribution is 0.288. The van der Waals surface area contributed by atoms with Crippen molar-refractivity contribution >= 4 is 29.6 Å². The lowest BCUT2D eigenvalue weighted by Gasteiger charge is -2.23. The molecule has 1 aromatic heterocycles. The Bertz CT molecular complexity index is 425. The van der Waals surface area contributed by atoms with Crippen LogP contribution in [0.4, 0.5) is 17.8 Å². The molecule has 1 heterocycles. The number of nitrogens with one attached hydrogen (secondary N) is 2. The fourth-order valence-electron chi connectivity index (χ4n) is 1.92. The van der Waals surface area contributed by atoms with Crippen LogP contribution >= 0.6 is 11.8 Å². The summed E-state index contributed by atoms with van der Waals surface area (Å²) in [4.78, 5) is 15.3. The minimum Gasteiger partial charge on any atom is -0.395 e. The van der Waals surface area contributed by atoms with Crippen molar-refractivity contribution < 1.29 is 5.11 Å². The zero-order valence-electron chi connectivity index (χ0n) is 13.4. The fraction of sp³-hybridized carbons (Fsp3) is 0.769. The van der Waals surface area contributed by atoms with E-state index in [2.05, 4.69) is 44.3 Å². The van der Waals surface area contributed by atoms with Crippen LogP contribution in [0.3, 0.4) is 0 Å². The third-order valence-corrected chi connectivity index (χ3v) is 4.45. The Kier molecular flexibility index (Phi) is 7.52. The summed E-state index contributed by atoms with van der Waals surface area (Å²) in [6.07, 6.45) is 1.98. The van der Waals surface area contributed by atoms with Crippen LogP contribution in [0.5, 0.6) is 0 Å². The van der Waals surface area contributed by atoms with Gasteiger partial charge in [0.1, 0.15) is 0 Å². The van der Waals surface area contributed by atoms with E-state index in [-0.39, 0.29) is 17.9 Å². The second-order valence-corrected chi connectivity index (χ2v) is 5.67. The number of hydrogen-bond donors (Lipinski definition) is 3. The number of nitrogens with zero attached hydrogens (tertiary/aromatic N) is 4. The molecular formula is C13H26N6OS. The van der Waals surface area contributed by atoms with Crippen molar-refractivity contribution in [1.82, 2.24) is 15.0 Å². The van der Waals surface area contributed by atoms with Crippen LogP contribution in [0.25, 0.3) is 0 Å². The van der Waals surface area contributed by atoms with E-state index in [1.165, 1.54) is 0 Å². The van der Waals surface area contributed by atoms with E-state index >= 15 is 0 Å². The van der Waals surface area contributed by atoms with E-state index in [1.807, 2.05) is 13.2 Å². The molecule has 0 bridgehead atoms. The Morgan fingerprint density at radius 2 is 1.81 bits per heavy atom. The SMILES string of the molecule is CCN(CC)c1nc(NC)nc(NC(C)C(CO)SC)n1. The number of aliphatic hydroxyl groups excluding tert-OH is 1. The van der Waals surface area contributed by atoms with Crippen LogP contribution in [0.15, 0.2) is 0 Å². The summed E-state index contributed by atoms with van der Waals surface area (Å²) in [5.41, 5.74) is 0. The molecule has 0 saturated carbocycles. The molecule has 2 atom stereocenters. The molecule has 0 spiro atoms. The Hall–Kier alpha value is -1.28. The molecule has 21 heavy (non-hydrogen) atoms. The van der Waals surface area contributed by atoms with Gasteiger partial charge in [-0.25, -0.2) is 0 Å². The second-order valence-electron chi connectivity index (χ2n) is 4.59. The fourth-order valence-corrected chi connectivity index (χ4v) is 2.55. The maximum absolute atomic E-state index is 9.36. The maximum atomic E-state index is 9.36. The molecular weight excluding hydrogens is 288 g/mol. The molecule has 0 saturated heterocycles. The highest BCUT2D eigenvalue weighted by Crippen LogP contribution is 2.17. The quantitative estimate of drug-likeness (QED) is 0.628. The van der Waals surface area contributed by atoms with E-state index in [0.717, 1.165) is 13.1 Å². The standard InChI is InChI=1S/C13H26N6OS/c1-6-19(7-2)13-17-11(14-4)16-12(18-13)15-9(3)10(8-20)21-5/h9-10,20H,6-8H2,1-5H3,(H2,14,15,16,17,18). The van der Waals surface area contributed by atoms with Crippen molar-refractivity contribution in [3.63, 3.8) is 0 Å². The lowest BCUT2D eigenvalue weighted by Crippen LogP contribution is -2.32. The van der Waals surface area contributed by atoms with E-state index in [0.29, 0.717) is 17.8 Å². The number of rotatable bonds is 9. The lowest BCUT2D eigenvalue weighted by atomic mass is 10.2. The highest BCUT2D eigenvalue weighted by atomic mass is 32.2. The zero-order valence-corrected chi connectivity index (χ0v) is 14.2. The number of thioether (sulfide) groups is 1. The molecule has 7 nitrogen and oxygen atoms in total. The largest absolute Gasteiger partial charge is 0.395 e. The Morgan fingerprint density at radius 3 is 2.29 bits per heavy atom. The number of aliphatic hydroxyl groups is 1. The van der Waals surface area contributed by atoms with Gasteiger partial charge in [-0.15, -0.1) is 0 Å². The highest BCUT2D eigenvalue weighted by Gasteiger charge is 2.17. The molecule has 2 unspecified atom stereocenters. The van der Waals surface area contributed by atoms with E-state index < -0.39 is 0 Å². The molecule has 8 heteroatoms. The molecule has 0 aliphatic heterocycles. The van der Waals surface area contributed by atoms with Crippen LogP contribution in [-0.4, -0.2) is 64.4 Å². The van der Waals surface area contributed by atoms with E-state index in [9.17, 15) is 5.11 Å². The summed E-state index contributed by atoms with van der Waals surface area (Å²) in [7, 11) is 1.78. The molecule has 0 aromatic carbocycles. The molecule has 0 aliphatic carbocycles. The minimum absolute atomic E-state index is 0.0571. The van der Waals surface area contributed by atoms with Gasteiger partial charge in [0, 0.05) is 31.4 Å². The van der Waals surface area contributed by atoms with E-state index in [4.69, 9.17) is 0 Å². The van der Waals surface area contributed by atoms with Crippen molar-refractivity contribution in [2.24, 2.45) is 0 Å². The third kappa shape index (κ3) is 4.89. The monoisotopic (exact) mass is 314 g/mol. The van der Waals surface area contributed by atoms with Gasteiger partial charge in [0.2, 0.25) is 17.8 Å². The molecule has 0 aliphatic rings. The summed E-state index contributed by atoms with van der Waals surface area (Å²) in [5.74, 6) is 1.71. The third-order valence-electron chi connectivity index (χ3n) is 3.29. The van der Waals surface area contributed by atoms with Crippen molar-refractivity contribution in [2.45, 2.75) is 32.1 Å². The van der Waals surface area contributed by atoms with Crippen LogP contribution in [0, 0.1) is 0 Å². The molecule has 0 radical (unpaired) electrons. The summed E-state index contributed by atoms with van der Waals surface area (Å²) in [6.45, 7) is 7.93. The van der Waals surface area contributed by atoms with Crippen molar-refractivity contribution in [3.8, 4) is 0 Å². The average Bonchev–Trinajstić information content (AvgIpc) is 2.49. The topological polar surface area (TPSA) is 86.2 Å². The first-order valence-corrected chi connectivity index (χ1v) is 8.47. The molecule has 120 valence electrons. The first kappa shape index (κ1) is 17.8. The summed E-state index contributed by atoms with van der Waals surface area (Å²) in [5, 5.41) is 15.7. The van der Waals surface area contributed by atoms with Gasteiger partial charge >= 0.3 is 0 Å². The van der Waals surface area contributed by atoms with Crippen LogP contribution in [0.2, 0.25) is 0 Å². The number of hydrogen-bond acceptors (Lipinski definition) is 8. The predicted molar refractivity (Wildman–Crippen MR) is 90.4 cm³/mol. The van der Waals surface area contributed by atoms with Crippen LogP contribution < -0.4 is 15.5 Å². The van der Waals surface area contributed by atoms with Gasteiger partial charge in [-0.2, -0.15) is 26.7 Å². The summed E-state index contributed by atoms with van der Waals surface area (Å²) >= 11 is 1.62. The van der Waals surface area contributed by atoms with Gasteiger partial charge in [-0.1, -0.05) is 0 Å². The van der Waals surface area contributed by atoms with Crippen molar-refractivity contribution in [2.75, 3.05) is 48.5 Å². The molecule has 0 amide bonds. The smallest absolute Gasteiger partial charge is 0.231 e. The molecule has 0 fully saturated rings. The van der Waals surface area contributed by atoms with Crippen molar-refractivity contribution in [1.29, 1.82) is 0 Å². The second kappa shape index (κ2) is 8.89. The van der Waals surface area contributed by atoms with Gasteiger partial charge in [0.25, 0.3) is 0 Å². The number of anilines is 3. The summed E-state index contributed by atoms with van der Waals surface area (Å²) in [6, 6.07) is 0.0571. The van der Waals surface area contributed by atoms with Gasteiger partial charge < -0.3 is 20.6 Å². The highest BCUT2D eigenvalue weighted by molar-refractivity contribution is 7.99. The predicted octanol–water partition coefficient (Wildman–Crippen LogP) is 1.28. The Morgan fingerprint density at radius 1 is 1.19 bits per heavy atom. The normalized spacial score (nSPS) is 13.6.